The zero-order valence-electron chi connectivity index (χ0n) is 12.9. The Labute approximate surface area is 134 Å². The number of nitrogens with zero attached hydrogens (tertiary/aromatic N) is 2. The van der Waals surface area contributed by atoms with Gasteiger partial charge in [-0.1, -0.05) is 12.1 Å². The van der Waals surface area contributed by atoms with E-state index >= 15 is 0 Å². The zero-order valence-corrected chi connectivity index (χ0v) is 12.9. The van der Waals surface area contributed by atoms with Gasteiger partial charge in [-0.3, -0.25) is 15.1 Å². The highest BCUT2D eigenvalue weighted by atomic mass is 16.6. The molecule has 0 atom stereocenters. The van der Waals surface area contributed by atoms with Crippen LogP contribution in [0.15, 0.2) is 47.5 Å². The number of aliphatic imine (C=N–C) groups is 1. The van der Waals surface area contributed by atoms with Gasteiger partial charge in [-0.05, 0) is 37.1 Å². The first-order chi connectivity index (χ1) is 11.1. The van der Waals surface area contributed by atoms with E-state index in [2.05, 4.69) is 10.3 Å². The molecule has 2 N–H and O–H groups in total. The molecule has 0 aliphatic carbocycles. The maximum absolute atomic E-state index is 10.6. The topological polar surface area (TPSA) is 87.8 Å². The van der Waals surface area contributed by atoms with Gasteiger partial charge in [0.1, 0.15) is 5.75 Å². The van der Waals surface area contributed by atoms with Gasteiger partial charge in [0, 0.05) is 42.7 Å². The highest BCUT2D eigenvalue weighted by Gasteiger charge is 2.03. The van der Waals surface area contributed by atoms with E-state index in [1.165, 1.54) is 12.1 Å². The lowest BCUT2D eigenvalue weighted by Crippen LogP contribution is -2.03. The van der Waals surface area contributed by atoms with Crippen molar-refractivity contribution < 1.29 is 10.0 Å². The van der Waals surface area contributed by atoms with Crippen LogP contribution in [0.5, 0.6) is 5.75 Å². The third-order valence-electron chi connectivity index (χ3n) is 3.37. The van der Waals surface area contributed by atoms with Gasteiger partial charge in [0.25, 0.3) is 5.69 Å². The van der Waals surface area contributed by atoms with Crippen molar-refractivity contribution in [1.82, 2.24) is 0 Å². The van der Waals surface area contributed by atoms with Gasteiger partial charge < -0.3 is 10.4 Å². The number of benzene rings is 2. The summed E-state index contributed by atoms with van der Waals surface area (Å²) in [6, 6.07) is 11.9. The normalized spacial score (nSPS) is 10.8. The molecule has 0 aliphatic rings. The smallest absolute Gasteiger partial charge is 0.269 e. The highest BCUT2D eigenvalue weighted by Crippen LogP contribution is 2.19. The first-order valence-corrected chi connectivity index (χ1v) is 7.34. The van der Waals surface area contributed by atoms with E-state index in [1.54, 1.807) is 18.3 Å². The summed E-state index contributed by atoms with van der Waals surface area (Å²) in [5.41, 5.74) is 2.47. The fourth-order valence-electron chi connectivity index (χ4n) is 2.05. The molecule has 2 aromatic rings. The summed E-state index contributed by atoms with van der Waals surface area (Å²) in [5.74, 6) is 0.264. The molecule has 0 heterocycles. The van der Waals surface area contributed by atoms with Crippen molar-refractivity contribution >= 4 is 17.6 Å². The number of nitro benzene ring substituents is 1. The van der Waals surface area contributed by atoms with Gasteiger partial charge in [0.05, 0.1) is 4.92 Å². The van der Waals surface area contributed by atoms with Crippen molar-refractivity contribution in [3.05, 3.63) is 63.7 Å². The Morgan fingerprint density at radius 3 is 2.70 bits per heavy atom. The molecule has 2 rings (SSSR count). The maximum atomic E-state index is 10.6. The van der Waals surface area contributed by atoms with Crippen LogP contribution in [-0.2, 0) is 0 Å². The molecule has 23 heavy (non-hydrogen) atoms. The molecule has 0 unspecified atom stereocenters. The molecule has 0 saturated heterocycles. The Bertz CT molecular complexity index is 697. The van der Waals surface area contributed by atoms with Gasteiger partial charge in [-0.25, -0.2) is 0 Å². The number of aryl methyl sites for hydroxylation is 1. The summed E-state index contributed by atoms with van der Waals surface area (Å²) in [7, 11) is 0. The largest absolute Gasteiger partial charge is 0.507 e. The lowest BCUT2D eigenvalue weighted by atomic mass is 10.1. The highest BCUT2D eigenvalue weighted by molar-refractivity contribution is 5.83. The summed E-state index contributed by atoms with van der Waals surface area (Å²) < 4.78 is 0. The van der Waals surface area contributed by atoms with Gasteiger partial charge >= 0.3 is 0 Å². The molecule has 2 aromatic carbocycles. The van der Waals surface area contributed by atoms with E-state index < -0.39 is 4.92 Å². The minimum atomic E-state index is -0.417. The number of rotatable bonds is 7. The third kappa shape index (κ3) is 4.81. The fourth-order valence-corrected chi connectivity index (χ4v) is 2.05. The summed E-state index contributed by atoms with van der Waals surface area (Å²) in [6.07, 6.45) is 2.49. The molecule has 120 valence electrons. The van der Waals surface area contributed by atoms with Gasteiger partial charge in [-0.15, -0.1) is 0 Å². The summed E-state index contributed by atoms with van der Waals surface area (Å²) in [4.78, 5) is 14.4. The second kappa shape index (κ2) is 7.93. The van der Waals surface area contributed by atoms with Gasteiger partial charge in [-0.2, -0.15) is 0 Å². The lowest BCUT2D eigenvalue weighted by molar-refractivity contribution is -0.384. The first-order valence-electron chi connectivity index (χ1n) is 7.34. The van der Waals surface area contributed by atoms with Crippen LogP contribution in [0, 0.1) is 17.0 Å². The Hall–Kier alpha value is -2.89. The molecule has 6 heteroatoms. The number of phenols is 1. The van der Waals surface area contributed by atoms with Crippen LogP contribution in [0.1, 0.15) is 17.5 Å². The second-order valence-electron chi connectivity index (χ2n) is 5.13. The van der Waals surface area contributed by atoms with Crippen molar-refractivity contribution in [2.75, 3.05) is 18.4 Å². The number of non-ortho nitro benzene ring substituents is 1. The number of phenolic OH excluding ortho intramolecular Hbond substituents is 1. The molecule has 0 radical (unpaired) electrons. The van der Waals surface area contributed by atoms with E-state index in [4.69, 9.17) is 0 Å². The number of nitrogens with one attached hydrogen (secondary N) is 1. The Morgan fingerprint density at radius 1 is 1.26 bits per heavy atom. The van der Waals surface area contributed by atoms with Crippen LogP contribution in [0.2, 0.25) is 0 Å². The van der Waals surface area contributed by atoms with Crippen LogP contribution in [0.25, 0.3) is 0 Å². The van der Waals surface area contributed by atoms with Crippen LogP contribution in [0.4, 0.5) is 11.4 Å². The number of nitro groups is 1. The standard InChI is InChI=1S/C17H19N3O3/c1-13-4-2-5-14(17(13)21)12-18-10-3-11-19-15-6-8-16(9-7-15)20(22)23/h2,4-9,12,19,21H,3,10-11H2,1H3. The van der Waals surface area contributed by atoms with Crippen LogP contribution >= 0.6 is 0 Å². The molecule has 0 spiro atoms. The molecular weight excluding hydrogens is 294 g/mol. The summed E-state index contributed by atoms with van der Waals surface area (Å²) in [5, 5.41) is 23.6. The fraction of sp³-hybridized carbons (Fsp3) is 0.235. The van der Waals surface area contributed by atoms with Crippen molar-refractivity contribution in [3.63, 3.8) is 0 Å². The molecule has 0 saturated carbocycles. The maximum Gasteiger partial charge on any atom is 0.269 e. The van der Waals surface area contributed by atoms with Crippen molar-refractivity contribution in [1.29, 1.82) is 0 Å². The minimum Gasteiger partial charge on any atom is -0.507 e. The van der Waals surface area contributed by atoms with Gasteiger partial charge in [0.15, 0.2) is 0 Å². The second-order valence-corrected chi connectivity index (χ2v) is 5.13. The average Bonchev–Trinajstić information content (AvgIpc) is 2.55. The molecule has 0 aliphatic heterocycles. The predicted molar refractivity (Wildman–Crippen MR) is 91.5 cm³/mol. The zero-order chi connectivity index (χ0) is 16.7. The Balaban J connectivity index is 1.74. The van der Waals surface area contributed by atoms with Crippen molar-refractivity contribution in [2.24, 2.45) is 4.99 Å². The van der Waals surface area contributed by atoms with Crippen molar-refractivity contribution in [2.45, 2.75) is 13.3 Å². The lowest BCUT2D eigenvalue weighted by Gasteiger charge is -2.05. The quantitative estimate of drug-likeness (QED) is 0.354. The molecule has 0 amide bonds. The SMILES string of the molecule is Cc1cccc(C=NCCCNc2ccc([N+](=O)[O-])cc2)c1O. The number of para-hydroxylation sites is 1. The van der Waals surface area contributed by atoms with E-state index in [-0.39, 0.29) is 11.4 Å². The van der Waals surface area contributed by atoms with E-state index in [0.29, 0.717) is 12.1 Å². The Kier molecular flexibility index (Phi) is 5.68. The van der Waals surface area contributed by atoms with Crippen LogP contribution in [0.3, 0.4) is 0 Å². The number of hydrogen-bond acceptors (Lipinski definition) is 5. The van der Waals surface area contributed by atoms with Crippen LogP contribution < -0.4 is 5.32 Å². The van der Waals surface area contributed by atoms with Crippen molar-refractivity contribution in [3.8, 4) is 5.75 Å². The molecule has 0 aromatic heterocycles. The molecular formula is C17H19N3O3. The van der Waals surface area contributed by atoms with E-state index in [9.17, 15) is 15.2 Å². The number of aromatic hydroxyl groups is 1. The monoisotopic (exact) mass is 313 g/mol. The first kappa shape index (κ1) is 16.5. The Morgan fingerprint density at radius 2 is 2.00 bits per heavy atom. The number of hydrogen-bond donors (Lipinski definition) is 2. The van der Waals surface area contributed by atoms with Crippen LogP contribution in [-0.4, -0.2) is 29.3 Å². The van der Waals surface area contributed by atoms with Gasteiger partial charge in [0.2, 0.25) is 0 Å². The molecule has 6 nitrogen and oxygen atoms in total. The van der Waals surface area contributed by atoms with E-state index in [0.717, 1.165) is 24.2 Å². The number of anilines is 1. The molecule has 0 fully saturated rings. The summed E-state index contributed by atoms with van der Waals surface area (Å²) >= 11 is 0. The van der Waals surface area contributed by atoms with E-state index in [1.807, 2.05) is 25.1 Å². The average molecular weight is 313 g/mol. The third-order valence-corrected chi connectivity index (χ3v) is 3.37. The predicted octanol–water partition coefficient (Wildman–Crippen LogP) is 3.53. The molecule has 0 bridgehead atoms. The minimum absolute atomic E-state index is 0.0816. The summed E-state index contributed by atoms with van der Waals surface area (Å²) in [6.45, 7) is 3.20.